The average Bonchev–Trinajstić information content (AvgIpc) is 2.66. The molecule has 0 bridgehead atoms. The molecule has 0 aliphatic heterocycles. The van der Waals surface area contributed by atoms with Crippen molar-refractivity contribution in [3.63, 3.8) is 0 Å². The Balaban J connectivity index is 1.64. The van der Waals surface area contributed by atoms with Crippen LogP contribution < -0.4 is 10.6 Å². The Morgan fingerprint density at radius 1 is 1.00 bits per heavy atom. The van der Waals surface area contributed by atoms with Crippen LogP contribution in [0, 0.1) is 13.8 Å². The number of rotatable bonds is 6. The third-order valence-electron chi connectivity index (χ3n) is 3.82. The molecule has 132 valence electrons. The first-order chi connectivity index (χ1) is 12.6. The first kappa shape index (κ1) is 17.5. The Morgan fingerprint density at radius 3 is 2.54 bits per heavy atom. The summed E-state index contributed by atoms with van der Waals surface area (Å²) in [4.78, 5) is 25.2. The normalized spacial score (nSPS) is 10.4. The number of aryl methyl sites for hydroxylation is 2. The van der Waals surface area contributed by atoms with Gasteiger partial charge in [-0.05, 0) is 31.5 Å². The molecule has 26 heavy (non-hydrogen) atoms. The monoisotopic (exact) mass is 347 g/mol. The molecule has 0 atom stereocenters. The van der Waals surface area contributed by atoms with Gasteiger partial charge in [-0.15, -0.1) is 0 Å². The van der Waals surface area contributed by atoms with Crippen molar-refractivity contribution in [2.75, 3.05) is 5.32 Å². The fraction of sp³-hybridized carbons (Fsp3) is 0.200. The smallest absolute Gasteiger partial charge is 0.270 e. The van der Waals surface area contributed by atoms with Gasteiger partial charge in [0.05, 0.1) is 12.2 Å². The zero-order valence-electron chi connectivity index (χ0n) is 14.9. The highest BCUT2D eigenvalue weighted by molar-refractivity contribution is 5.92. The summed E-state index contributed by atoms with van der Waals surface area (Å²) in [5.74, 6) is 0.914. The maximum absolute atomic E-state index is 12.4. The van der Waals surface area contributed by atoms with Crippen molar-refractivity contribution in [1.29, 1.82) is 0 Å². The summed E-state index contributed by atoms with van der Waals surface area (Å²) in [5.41, 5.74) is 3.47. The van der Waals surface area contributed by atoms with E-state index in [1.807, 2.05) is 49.4 Å². The number of nitrogens with one attached hydrogen (secondary N) is 2. The highest BCUT2D eigenvalue weighted by atomic mass is 16.1. The molecule has 0 saturated heterocycles. The van der Waals surface area contributed by atoms with Gasteiger partial charge < -0.3 is 10.6 Å². The van der Waals surface area contributed by atoms with Crippen molar-refractivity contribution in [1.82, 2.24) is 20.3 Å². The Morgan fingerprint density at radius 2 is 1.81 bits per heavy atom. The van der Waals surface area contributed by atoms with E-state index in [4.69, 9.17) is 0 Å². The van der Waals surface area contributed by atoms with Crippen molar-refractivity contribution >= 4 is 11.7 Å². The lowest BCUT2D eigenvalue weighted by Gasteiger charge is -2.09. The number of amides is 1. The van der Waals surface area contributed by atoms with Gasteiger partial charge in [-0.25, -0.2) is 9.97 Å². The van der Waals surface area contributed by atoms with E-state index in [1.165, 1.54) is 5.56 Å². The van der Waals surface area contributed by atoms with Crippen LogP contribution in [-0.4, -0.2) is 20.9 Å². The van der Waals surface area contributed by atoms with Gasteiger partial charge in [-0.3, -0.25) is 9.78 Å². The third-order valence-corrected chi connectivity index (χ3v) is 3.82. The van der Waals surface area contributed by atoms with E-state index in [1.54, 1.807) is 19.2 Å². The van der Waals surface area contributed by atoms with Gasteiger partial charge in [0.15, 0.2) is 0 Å². The molecular formula is C20H21N5O. The second-order valence-electron chi connectivity index (χ2n) is 6.03. The maximum atomic E-state index is 12.4. The first-order valence-electron chi connectivity index (χ1n) is 8.43. The lowest BCUT2D eigenvalue weighted by Crippen LogP contribution is -2.24. The van der Waals surface area contributed by atoms with Gasteiger partial charge in [0.25, 0.3) is 5.91 Å². The second kappa shape index (κ2) is 8.20. The number of hydrogen-bond donors (Lipinski definition) is 2. The molecule has 0 aliphatic carbocycles. The summed E-state index contributed by atoms with van der Waals surface area (Å²) in [7, 11) is 0. The fourth-order valence-corrected chi connectivity index (χ4v) is 2.44. The van der Waals surface area contributed by atoms with Crippen LogP contribution in [0.15, 0.2) is 54.7 Å². The molecule has 2 aromatic heterocycles. The second-order valence-corrected chi connectivity index (χ2v) is 6.03. The van der Waals surface area contributed by atoms with E-state index in [2.05, 4.69) is 25.6 Å². The van der Waals surface area contributed by atoms with Crippen molar-refractivity contribution < 1.29 is 4.79 Å². The van der Waals surface area contributed by atoms with Crippen LogP contribution in [-0.2, 0) is 13.1 Å². The molecule has 0 spiro atoms. The van der Waals surface area contributed by atoms with E-state index < -0.39 is 0 Å². The predicted molar refractivity (Wildman–Crippen MR) is 101 cm³/mol. The van der Waals surface area contributed by atoms with Crippen LogP contribution in [0.1, 0.15) is 33.1 Å². The number of aromatic nitrogens is 3. The minimum absolute atomic E-state index is 0.225. The molecule has 6 heteroatoms. The molecule has 0 unspecified atom stereocenters. The zero-order valence-corrected chi connectivity index (χ0v) is 14.9. The molecular weight excluding hydrogens is 326 g/mol. The summed E-state index contributed by atoms with van der Waals surface area (Å²) in [6.45, 7) is 4.79. The van der Waals surface area contributed by atoms with Crippen LogP contribution in [0.3, 0.4) is 0 Å². The molecule has 0 fully saturated rings. The number of nitrogens with zero attached hydrogens (tertiary/aromatic N) is 3. The van der Waals surface area contributed by atoms with E-state index >= 15 is 0 Å². The Hall–Kier alpha value is -3.28. The standard InChI is InChI=1S/C20H21N5O/c1-14-6-8-16(9-7-14)12-23-20(26)18-11-19(25-15(2)24-18)22-13-17-5-3-4-10-21-17/h3-11H,12-13H2,1-2H3,(H,23,26)(H,22,24,25). The molecule has 1 aromatic carbocycles. The molecule has 2 heterocycles. The van der Waals surface area contributed by atoms with Crippen molar-refractivity contribution in [3.8, 4) is 0 Å². The van der Waals surface area contributed by atoms with Gasteiger partial charge in [-0.1, -0.05) is 35.9 Å². The SMILES string of the molecule is Cc1ccc(CNC(=O)c2cc(NCc3ccccn3)nc(C)n2)cc1. The minimum atomic E-state index is -0.225. The van der Waals surface area contributed by atoms with Crippen LogP contribution in [0.4, 0.5) is 5.82 Å². The Labute approximate surface area is 152 Å². The predicted octanol–water partition coefficient (Wildman–Crippen LogP) is 3.03. The lowest BCUT2D eigenvalue weighted by molar-refractivity contribution is 0.0945. The molecule has 0 radical (unpaired) electrons. The van der Waals surface area contributed by atoms with E-state index in [0.717, 1.165) is 11.3 Å². The fourth-order valence-electron chi connectivity index (χ4n) is 2.44. The van der Waals surface area contributed by atoms with E-state index in [0.29, 0.717) is 30.4 Å². The molecule has 6 nitrogen and oxygen atoms in total. The lowest BCUT2D eigenvalue weighted by atomic mass is 10.1. The third kappa shape index (κ3) is 4.86. The van der Waals surface area contributed by atoms with Crippen LogP contribution in [0.2, 0.25) is 0 Å². The van der Waals surface area contributed by atoms with E-state index in [9.17, 15) is 4.79 Å². The van der Waals surface area contributed by atoms with Crippen molar-refractivity contribution in [2.45, 2.75) is 26.9 Å². The summed E-state index contributed by atoms with van der Waals surface area (Å²) in [5, 5.41) is 6.08. The molecule has 3 aromatic rings. The van der Waals surface area contributed by atoms with Gasteiger partial charge in [0.2, 0.25) is 0 Å². The molecule has 2 N–H and O–H groups in total. The molecule has 0 aliphatic rings. The van der Waals surface area contributed by atoms with Crippen molar-refractivity contribution in [2.24, 2.45) is 0 Å². The highest BCUT2D eigenvalue weighted by Crippen LogP contribution is 2.09. The van der Waals surface area contributed by atoms with E-state index in [-0.39, 0.29) is 5.91 Å². The summed E-state index contributed by atoms with van der Waals surface area (Å²) < 4.78 is 0. The van der Waals surface area contributed by atoms with Gasteiger partial charge in [-0.2, -0.15) is 0 Å². The zero-order chi connectivity index (χ0) is 18.4. The minimum Gasteiger partial charge on any atom is -0.364 e. The highest BCUT2D eigenvalue weighted by Gasteiger charge is 2.10. The summed E-state index contributed by atoms with van der Waals surface area (Å²) in [6, 6.07) is 15.4. The Kier molecular flexibility index (Phi) is 5.53. The number of hydrogen-bond acceptors (Lipinski definition) is 5. The van der Waals surface area contributed by atoms with Crippen LogP contribution >= 0.6 is 0 Å². The van der Waals surface area contributed by atoms with Gasteiger partial charge in [0.1, 0.15) is 17.3 Å². The largest absolute Gasteiger partial charge is 0.364 e. The first-order valence-corrected chi connectivity index (χ1v) is 8.43. The number of anilines is 1. The Bertz CT molecular complexity index is 878. The molecule has 3 rings (SSSR count). The van der Waals surface area contributed by atoms with Gasteiger partial charge >= 0.3 is 0 Å². The topological polar surface area (TPSA) is 79.8 Å². The number of benzene rings is 1. The number of pyridine rings is 1. The quantitative estimate of drug-likeness (QED) is 0.716. The molecule has 0 saturated carbocycles. The number of carbonyl (C=O) groups excluding carboxylic acids is 1. The maximum Gasteiger partial charge on any atom is 0.270 e. The van der Waals surface area contributed by atoms with Crippen LogP contribution in [0.25, 0.3) is 0 Å². The number of carbonyl (C=O) groups is 1. The average molecular weight is 347 g/mol. The molecule has 1 amide bonds. The summed E-state index contributed by atoms with van der Waals surface area (Å²) in [6.07, 6.45) is 1.74. The van der Waals surface area contributed by atoms with Crippen molar-refractivity contribution in [3.05, 3.63) is 83.1 Å². The summed E-state index contributed by atoms with van der Waals surface area (Å²) >= 11 is 0. The van der Waals surface area contributed by atoms with Gasteiger partial charge in [0, 0.05) is 18.8 Å². The van der Waals surface area contributed by atoms with Crippen LogP contribution in [0.5, 0.6) is 0 Å².